The van der Waals surface area contributed by atoms with E-state index < -0.39 is 0 Å². The molecule has 0 radical (unpaired) electrons. The van der Waals surface area contributed by atoms with Crippen molar-refractivity contribution in [3.8, 4) is 0 Å². The molecule has 1 aliphatic carbocycles. The molecule has 0 bridgehead atoms. The first-order valence-electron chi connectivity index (χ1n) is 15.6. The molecule has 39 heavy (non-hydrogen) atoms. The summed E-state index contributed by atoms with van der Waals surface area (Å²) >= 11 is 0. The van der Waals surface area contributed by atoms with Crippen molar-refractivity contribution in [2.24, 2.45) is 17.8 Å². The smallest absolute Gasteiger partial charge is 0.163 e. The summed E-state index contributed by atoms with van der Waals surface area (Å²) < 4.78 is 0. The fraction of sp³-hybridized carbons (Fsp3) is 0.714. The zero-order chi connectivity index (χ0) is 30.4. The second-order valence-electron chi connectivity index (χ2n) is 11.1. The minimum absolute atomic E-state index is 0.0460. The molecule has 1 aromatic rings. The first-order valence-corrected chi connectivity index (χ1v) is 15.6. The van der Waals surface area contributed by atoms with Crippen LogP contribution in [0.3, 0.4) is 0 Å². The molecule has 0 saturated heterocycles. The number of hydrogen-bond donors (Lipinski definition) is 0. The summed E-state index contributed by atoms with van der Waals surface area (Å²) in [5.74, 6) is 1.02. The third-order valence-electron chi connectivity index (χ3n) is 6.97. The second-order valence-corrected chi connectivity index (χ2v) is 11.1. The van der Waals surface area contributed by atoms with Gasteiger partial charge in [-0.15, -0.1) is 0 Å². The van der Waals surface area contributed by atoms with Gasteiger partial charge in [0.1, 0.15) is 17.3 Å². The maximum absolute atomic E-state index is 12.7. The van der Waals surface area contributed by atoms with E-state index in [0.717, 1.165) is 48.8 Å². The highest BCUT2D eigenvalue weighted by atomic mass is 16.1. The molecule has 0 heterocycles. The van der Waals surface area contributed by atoms with Gasteiger partial charge in [0.05, 0.1) is 6.42 Å². The predicted octanol–water partition coefficient (Wildman–Crippen LogP) is 9.72. The lowest BCUT2D eigenvalue weighted by atomic mass is 9.72. The van der Waals surface area contributed by atoms with E-state index >= 15 is 0 Å². The largest absolute Gasteiger partial charge is 0.300 e. The van der Waals surface area contributed by atoms with Crippen molar-refractivity contribution >= 4 is 23.1 Å². The second kappa shape index (κ2) is 23.8. The van der Waals surface area contributed by atoms with E-state index in [-0.39, 0.29) is 41.4 Å². The number of aryl methyl sites for hydroxylation is 1. The lowest BCUT2D eigenvalue weighted by molar-refractivity contribution is -0.130. The zero-order valence-electron chi connectivity index (χ0n) is 27.1. The summed E-state index contributed by atoms with van der Waals surface area (Å²) in [7, 11) is 0. The highest BCUT2D eigenvalue weighted by Crippen LogP contribution is 2.36. The maximum atomic E-state index is 12.7. The molecule has 0 fully saturated rings. The van der Waals surface area contributed by atoms with Gasteiger partial charge in [-0.25, -0.2) is 0 Å². The molecular formula is C35H60O4. The summed E-state index contributed by atoms with van der Waals surface area (Å²) in [6.45, 7) is 19.8. The van der Waals surface area contributed by atoms with Crippen LogP contribution in [0.2, 0.25) is 0 Å². The molecule has 4 nitrogen and oxygen atoms in total. The van der Waals surface area contributed by atoms with Crippen molar-refractivity contribution in [2.75, 3.05) is 0 Å². The van der Waals surface area contributed by atoms with Crippen LogP contribution in [0, 0.1) is 24.7 Å². The third-order valence-corrected chi connectivity index (χ3v) is 6.97. The van der Waals surface area contributed by atoms with E-state index in [9.17, 15) is 19.2 Å². The Balaban J connectivity index is 0. The molecule has 1 aromatic carbocycles. The van der Waals surface area contributed by atoms with Crippen LogP contribution in [0.4, 0.5) is 0 Å². The summed E-state index contributed by atoms with van der Waals surface area (Å²) in [6.07, 6.45) is 11.2. The van der Waals surface area contributed by atoms with Crippen LogP contribution in [0.5, 0.6) is 0 Å². The van der Waals surface area contributed by atoms with Gasteiger partial charge >= 0.3 is 0 Å². The average molecular weight is 545 g/mol. The van der Waals surface area contributed by atoms with Crippen LogP contribution in [0.1, 0.15) is 154 Å². The van der Waals surface area contributed by atoms with Crippen molar-refractivity contribution < 1.29 is 19.2 Å². The minimum atomic E-state index is -0.0622. The van der Waals surface area contributed by atoms with Crippen LogP contribution in [-0.4, -0.2) is 23.1 Å². The predicted molar refractivity (Wildman–Crippen MR) is 167 cm³/mol. The first kappa shape index (κ1) is 39.0. The number of benzene rings is 1. The van der Waals surface area contributed by atoms with Gasteiger partial charge in [-0.3, -0.25) is 14.4 Å². The van der Waals surface area contributed by atoms with E-state index in [0.29, 0.717) is 18.8 Å². The van der Waals surface area contributed by atoms with E-state index in [4.69, 9.17) is 0 Å². The molecule has 3 unspecified atom stereocenters. The number of carbonyl (C=O) groups excluding carboxylic acids is 4. The van der Waals surface area contributed by atoms with Crippen LogP contribution in [-0.2, 0) is 20.8 Å². The van der Waals surface area contributed by atoms with Gasteiger partial charge in [0.15, 0.2) is 5.78 Å². The Morgan fingerprint density at radius 2 is 1.44 bits per heavy atom. The Morgan fingerprint density at radius 1 is 0.872 bits per heavy atom. The van der Waals surface area contributed by atoms with Crippen molar-refractivity contribution in [2.45, 2.75) is 146 Å². The molecule has 0 aliphatic heterocycles. The monoisotopic (exact) mass is 544 g/mol. The van der Waals surface area contributed by atoms with Crippen LogP contribution in [0.25, 0.3) is 0 Å². The lowest BCUT2D eigenvalue weighted by Gasteiger charge is -2.31. The summed E-state index contributed by atoms with van der Waals surface area (Å²) in [5, 5.41) is 0. The topological polar surface area (TPSA) is 68.3 Å². The van der Waals surface area contributed by atoms with Crippen LogP contribution >= 0.6 is 0 Å². The number of ketones is 4. The van der Waals surface area contributed by atoms with Gasteiger partial charge in [0, 0.05) is 24.3 Å². The third kappa shape index (κ3) is 17.3. The van der Waals surface area contributed by atoms with Gasteiger partial charge < -0.3 is 4.79 Å². The molecule has 0 aromatic heterocycles. The fourth-order valence-electron chi connectivity index (χ4n) is 5.05. The Kier molecular flexibility index (Phi) is 23.8. The van der Waals surface area contributed by atoms with Gasteiger partial charge in [-0.05, 0) is 63.0 Å². The van der Waals surface area contributed by atoms with Gasteiger partial charge in [-0.2, -0.15) is 0 Å². The first-order chi connectivity index (χ1) is 18.5. The molecule has 0 saturated carbocycles. The van der Waals surface area contributed by atoms with Crippen LogP contribution < -0.4 is 0 Å². The van der Waals surface area contributed by atoms with Crippen molar-refractivity contribution in [3.05, 3.63) is 34.9 Å². The lowest BCUT2D eigenvalue weighted by Crippen LogP contribution is -2.29. The number of fused-ring (bicyclic) bond motifs is 1. The average Bonchev–Trinajstić information content (AvgIpc) is 2.85. The molecule has 0 amide bonds. The SMILES string of the molecule is CCC.CCC(C)=O.CCCC(CC1CC(=O)c2c(C)cccc2C1)C(CC)C(=O)CC(C)=O.CCCCC. The molecule has 1 aliphatic rings. The quantitative estimate of drug-likeness (QED) is 0.246. The Bertz CT molecular complexity index is 837. The van der Waals surface area contributed by atoms with E-state index in [2.05, 4.69) is 40.7 Å². The van der Waals surface area contributed by atoms with Crippen molar-refractivity contribution in [1.82, 2.24) is 0 Å². The maximum Gasteiger partial charge on any atom is 0.163 e. The van der Waals surface area contributed by atoms with Gasteiger partial charge in [-0.1, -0.05) is 105 Å². The van der Waals surface area contributed by atoms with E-state index in [1.807, 2.05) is 32.9 Å². The molecule has 3 atom stereocenters. The molecular weight excluding hydrogens is 484 g/mol. The highest BCUT2D eigenvalue weighted by molar-refractivity contribution is 6.00. The Labute approximate surface area is 241 Å². The minimum Gasteiger partial charge on any atom is -0.300 e. The molecule has 0 spiro atoms. The Morgan fingerprint density at radius 3 is 1.85 bits per heavy atom. The number of Topliss-reactive ketones (excluding diaryl/α,β-unsaturated/α-hetero) is 4. The van der Waals surface area contributed by atoms with E-state index in [1.54, 1.807) is 6.92 Å². The summed E-state index contributed by atoms with van der Waals surface area (Å²) in [6, 6.07) is 6.10. The number of rotatable bonds is 12. The molecule has 2 rings (SSSR count). The zero-order valence-corrected chi connectivity index (χ0v) is 27.1. The molecule has 0 N–H and O–H groups in total. The molecule has 4 heteroatoms. The standard InChI is InChI=1S/C23H32O3.C5H12.C4H8O.C3H8/c1-5-8-18(20(6-2)21(25)11-16(4)24)12-17-13-19-10-7-9-15(3)23(19)22(26)14-17;1-3-5-4-2;1-3-4(2)5;1-3-2/h7,9-10,17-18,20H,5-6,8,11-14H2,1-4H3;3-5H2,1-2H3;3H2,1-2H3;3H2,1-2H3. The molecule has 224 valence electrons. The Hall–Kier alpha value is -2.10. The van der Waals surface area contributed by atoms with Crippen molar-refractivity contribution in [3.63, 3.8) is 0 Å². The van der Waals surface area contributed by atoms with Crippen LogP contribution in [0.15, 0.2) is 18.2 Å². The van der Waals surface area contributed by atoms with Gasteiger partial charge in [0.2, 0.25) is 0 Å². The number of carbonyl (C=O) groups is 4. The van der Waals surface area contributed by atoms with E-state index in [1.165, 1.54) is 32.6 Å². The summed E-state index contributed by atoms with van der Waals surface area (Å²) in [5.41, 5.74) is 3.14. The number of unbranched alkanes of at least 4 members (excludes halogenated alkanes) is 2. The summed E-state index contributed by atoms with van der Waals surface area (Å²) in [4.78, 5) is 46.4. The highest BCUT2D eigenvalue weighted by Gasteiger charge is 2.32. The van der Waals surface area contributed by atoms with Gasteiger partial charge in [0.25, 0.3) is 0 Å². The number of hydrogen-bond acceptors (Lipinski definition) is 4. The van der Waals surface area contributed by atoms with Crippen molar-refractivity contribution in [1.29, 1.82) is 0 Å². The fourth-order valence-corrected chi connectivity index (χ4v) is 5.05. The normalized spacial score (nSPS) is 15.1.